The summed E-state index contributed by atoms with van der Waals surface area (Å²) in [5.74, 6) is 0.736. The van der Waals surface area contributed by atoms with Gasteiger partial charge in [0.25, 0.3) is 5.91 Å². The van der Waals surface area contributed by atoms with Gasteiger partial charge < -0.3 is 15.0 Å². The van der Waals surface area contributed by atoms with Gasteiger partial charge in [0, 0.05) is 40.6 Å². The number of rotatable bonds is 6. The molecule has 1 heterocycles. The normalized spacial score (nSPS) is 10.1. The van der Waals surface area contributed by atoms with Crippen LogP contribution in [0.25, 0.3) is 0 Å². The zero-order chi connectivity index (χ0) is 12.7. The summed E-state index contributed by atoms with van der Waals surface area (Å²) >= 11 is 0. The Labute approximate surface area is 102 Å². The second kappa shape index (κ2) is 6.85. The quantitative estimate of drug-likeness (QED) is 0.747. The van der Waals surface area contributed by atoms with E-state index < -0.39 is 0 Å². The number of aromatic nitrogens is 1. The number of nitrogens with one attached hydrogen (secondary N) is 1. The summed E-state index contributed by atoms with van der Waals surface area (Å²) in [5, 5.41) is 2.81. The minimum Gasteiger partial charge on any atom is -0.385 e. The zero-order valence-electron chi connectivity index (χ0n) is 10.6. The molecule has 17 heavy (non-hydrogen) atoms. The van der Waals surface area contributed by atoms with Gasteiger partial charge in [0.15, 0.2) is 0 Å². The summed E-state index contributed by atoms with van der Waals surface area (Å²) in [5.41, 5.74) is 0.577. The van der Waals surface area contributed by atoms with Crippen molar-refractivity contribution in [2.45, 2.75) is 6.42 Å². The Morgan fingerprint density at radius 2 is 2.24 bits per heavy atom. The Balaban J connectivity index is 2.46. The molecule has 94 valence electrons. The average molecular weight is 237 g/mol. The fraction of sp³-hybridized carbons (Fsp3) is 0.500. The van der Waals surface area contributed by atoms with Gasteiger partial charge in [0.05, 0.1) is 5.56 Å². The average Bonchev–Trinajstić information content (AvgIpc) is 2.34. The van der Waals surface area contributed by atoms with Gasteiger partial charge in [-0.15, -0.1) is 0 Å². The molecule has 0 unspecified atom stereocenters. The minimum absolute atomic E-state index is 0.0982. The van der Waals surface area contributed by atoms with Crippen molar-refractivity contribution < 1.29 is 9.53 Å². The van der Waals surface area contributed by atoms with Crippen molar-refractivity contribution in [3.05, 3.63) is 23.9 Å². The van der Waals surface area contributed by atoms with Crippen LogP contribution in [0.3, 0.4) is 0 Å². The SMILES string of the molecule is COCCCNC(=O)c1ccc(N(C)C)nc1. The van der Waals surface area contributed by atoms with Gasteiger partial charge >= 0.3 is 0 Å². The van der Waals surface area contributed by atoms with Crippen molar-refractivity contribution in [2.75, 3.05) is 39.3 Å². The standard InChI is InChI=1S/C12H19N3O2/c1-15(2)11-6-5-10(9-14-11)12(16)13-7-4-8-17-3/h5-6,9H,4,7-8H2,1-3H3,(H,13,16). The lowest BCUT2D eigenvalue weighted by Crippen LogP contribution is -2.25. The molecule has 1 aromatic heterocycles. The molecule has 0 radical (unpaired) electrons. The van der Waals surface area contributed by atoms with Crippen molar-refractivity contribution in [1.82, 2.24) is 10.3 Å². The van der Waals surface area contributed by atoms with Gasteiger partial charge in [0.1, 0.15) is 5.82 Å². The third-order valence-corrected chi connectivity index (χ3v) is 2.28. The molecule has 0 saturated carbocycles. The molecule has 0 spiro atoms. The van der Waals surface area contributed by atoms with Crippen molar-refractivity contribution in [1.29, 1.82) is 0 Å². The van der Waals surface area contributed by atoms with Crippen LogP contribution >= 0.6 is 0 Å². The van der Waals surface area contributed by atoms with Crippen LogP contribution in [0.4, 0.5) is 5.82 Å². The third kappa shape index (κ3) is 4.40. The molecule has 1 rings (SSSR count). The number of anilines is 1. The predicted molar refractivity (Wildman–Crippen MR) is 67.4 cm³/mol. The maximum Gasteiger partial charge on any atom is 0.252 e. The first-order valence-electron chi connectivity index (χ1n) is 5.55. The molecule has 5 heteroatoms. The number of hydrogen-bond donors (Lipinski definition) is 1. The molecule has 0 aromatic carbocycles. The fourth-order valence-corrected chi connectivity index (χ4v) is 1.31. The molecular weight excluding hydrogens is 218 g/mol. The Hall–Kier alpha value is -1.62. The second-order valence-corrected chi connectivity index (χ2v) is 3.90. The highest BCUT2D eigenvalue weighted by atomic mass is 16.5. The van der Waals surface area contributed by atoms with Gasteiger partial charge in [-0.25, -0.2) is 4.98 Å². The van der Waals surface area contributed by atoms with Crippen molar-refractivity contribution in [3.63, 3.8) is 0 Å². The van der Waals surface area contributed by atoms with Gasteiger partial charge in [-0.3, -0.25) is 4.79 Å². The van der Waals surface area contributed by atoms with E-state index in [4.69, 9.17) is 4.74 Å². The first-order chi connectivity index (χ1) is 8.15. The van der Waals surface area contributed by atoms with E-state index in [0.717, 1.165) is 12.2 Å². The summed E-state index contributed by atoms with van der Waals surface area (Å²) < 4.78 is 4.90. The lowest BCUT2D eigenvalue weighted by Gasteiger charge is -2.11. The van der Waals surface area contributed by atoms with E-state index in [1.54, 1.807) is 19.4 Å². The van der Waals surface area contributed by atoms with Gasteiger partial charge in [-0.1, -0.05) is 0 Å². The zero-order valence-corrected chi connectivity index (χ0v) is 10.6. The van der Waals surface area contributed by atoms with E-state index in [1.165, 1.54) is 0 Å². The van der Waals surface area contributed by atoms with Crippen LogP contribution in [0.1, 0.15) is 16.8 Å². The summed E-state index contributed by atoms with van der Waals surface area (Å²) in [7, 11) is 5.46. The van der Waals surface area contributed by atoms with Crippen LogP contribution in [0.5, 0.6) is 0 Å². The second-order valence-electron chi connectivity index (χ2n) is 3.90. The number of methoxy groups -OCH3 is 1. The lowest BCUT2D eigenvalue weighted by molar-refractivity contribution is 0.0948. The molecular formula is C12H19N3O2. The van der Waals surface area contributed by atoms with Crippen LogP contribution in [0.2, 0.25) is 0 Å². The Morgan fingerprint density at radius 3 is 2.76 bits per heavy atom. The number of nitrogens with zero attached hydrogens (tertiary/aromatic N) is 2. The summed E-state index contributed by atoms with van der Waals surface area (Å²) in [6.07, 6.45) is 2.40. The minimum atomic E-state index is -0.0982. The first kappa shape index (κ1) is 13.4. The molecule has 0 fully saturated rings. The number of pyridine rings is 1. The van der Waals surface area contributed by atoms with Crippen molar-refractivity contribution >= 4 is 11.7 Å². The molecule has 5 nitrogen and oxygen atoms in total. The Morgan fingerprint density at radius 1 is 1.47 bits per heavy atom. The maximum atomic E-state index is 11.7. The van der Waals surface area contributed by atoms with E-state index in [-0.39, 0.29) is 5.91 Å². The number of carbonyl (C=O) groups excluding carboxylic acids is 1. The first-order valence-corrected chi connectivity index (χ1v) is 5.55. The topological polar surface area (TPSA) is 54.5 Å². The highest BCUT2D eigenvalue weighted by molar-refractivity contribution is 5.94. The molecule has 0 aliphatic carbocycles. The third-order valence-electron chi connectivity index (χ3n) is 2.28. The number of ether oxygens (including phenoxy) is 1. The summed E-state index contributed by atoms with van der Waals surface area (Å²) in [6.45, 7) is 1.26. The monoisotopic (exact) mass is 237 g/mol. The predicted octanol–water partition coefficient (Wildman–Crippen LogP) is 0.914. The molecule has 0 saturated heterocycles. The van der Waals surface area contributed by atoms with Gasteiger partial charge in [-0.2, -0.15) is 0 Å². The largest absolute Gasteiger partial charge is 0.385 e. The van der Waals surface area contributed by atoms with E-state index in [0.29, 0.717) is 18.7 Å². The molecule has 1 amide bonds. The summed E-state index contributed by atoms with van der Waals surface area (Å²) in [6, 6.07) is 3.60. The van der Waals surface area contributed by atoms with Crippen LogP contribution in [-0.4, -0.2) is 45.2 Å². The highest BCUT2D eigenvalue weighted by Crippen LogP contribution is 2.07. The molecule has 0 aliphatic rings. The van der Waals surface area contributed by atoms with Gasteiger partial charge in [-0.05, 0) is 18.6 Å². The lowest BCUT2D eigenvalue weighted by atomic mass is 10.2. The van der Waals surface area contributed by atoms with Crippen LogP contribution in [0.15, 0.2) is 18.3 Å². The Kier molecular flexibility index (Phi) is 5.42. The number of amides is 1. The van der Waals surface area contributed by atoms with Crippen molar-refractivity contribution in [2.24, 2.45) is 0 Å². The highest BCUT2D eigenvalue weighted by Gasteiger charge is 2.05. The van der Waals surface area contributed by atoms with Crippen LogP contribution in [-0.2, 0) is 4.74 Å². The number of hydrogen-bond acceptors (Lipinski definition) is 4. The van der Waals surface area contributed by atoms with E-state index >= 15 is 0 Å². The molecule has 0 aliphatic heterocycles. The molecule has 0 atom stereocenters. The molecule has 1 aromatic rings. The molecule has 1 N–H and O–H groups in total. The van der Waals surface area contributed by atoms with E-state index in [9.17, 15) is 4.79 Å². The molecule has 0 bridgehead atoms. The van der Waals surface area contributed by atoms with Gasteiger partial charge in [0.2, 0.25) is 0 Å². The smallest absolute Gasteiger partial charge is 0.252 e. The van der Waals surface area contributed by atoms with Crippen LogP contribution < -0.4 is 10.2 Å². The number of carbonyl (C=O) groups is 1. The van der Waals surface area contributed by atoms with Crippen molar-refractivity contribution in [3.8, 4) is 0 Å². The van der Waals surface area contributed by atoms with E-state index in [1.807, 2.05) is 25.1 Å². The summed E-state index contributed by atoms with van der Waals surface area (Å²) in [4.78, 5) is 17.8. The van der Waals surface area contributed by atoms with E-state index in [2.05, 4.69) is 10.3 Å². The van der Waals surface area contributed by atoms with Crippen LogP contribution in [0, 0.1) is 0 Å². The maximum absolute atomic E-state index is 11.7. The fourth-order valence-electron chi connectivity index (χ4n) is 1.31. The Bertz CT molecular complexity index is 349.